The maximum Gasteiger partial charge on any atom is 0.135 e. The van der Waals surface area contributed by atoms with Gasteiger partial charge in [-0.05, 0) is 6.42 Å². The molecule has 1 fully saturated rings. The fraction of sp³-hybridized carbons (Fsp3) is 0.875. The monoisotopic (exact) mass is 141 g/mol. The number of hydrogen-bond donors (Lipinski definition) is 1. The lowest BCUT2D eigenvalue weighted by molar-refractivity contribution is -0.120. The number of carbonyl (C=O) groups excluding carboxylic acids is 1. The number of carbonyl (C=O) groups is 1. The van der Waals surface area contributed by atoms with Crippen molar-refractivity contribution in [2.45, 2.75) is 38.6 Å². The van der Waals surface area contributed by atoms with Crippen LogP contribution in [-0.2, 0) is 4.79 Å². The van der Waals surface area contributed by atoms with E-state index in [9.17, 15) is 4.79 Å². The fourth-order valence-corrected chi connectivity index (χ4v) is 1.42. The standard InChI is InChI=1S/C8H15NO/c1-2-3-7-6-8(10)4-5-9-7/h7,9H,2-6H2,1H3. The zero-order chi connectivity index (χ0) is 7.40. The molecule has 1 aliphatic heterocycles. The molecule has 1 aliphatic rings. The Morgan fingerprint density at radius 3 is 3.10 bits per heavy atom. The SMILES string of the molecule is CCCC1CC(=O)CCN1. The number of piperidine rings is 1. The van der Waals surface area contributed by atoms with Gasteiger partial charge in [-0.25, -0.2) is 0 Å². The van der Waals surface area contributed by atoms with E-state index in [1.54, 1.807) is 0 Å². The molecule has 0 aromatic carbocycles. The summed E-state index contributed by atoms with van der Waals surface area (Å²) in [5.74, 6) is 0.428. The molecular formula is C8H15NO. The molecule has 0 bridgehead atoms. The number of nitrogens with one attached hydrogen (secondary N) is 1. The van der Waals surface area contributed by atoms with E-state index < -0.39 is 0 Å². The van der Waals surface area contributed by atoms with Gasteiger partial charge in [0.15, 0.2) is 0 Å². The highest BCUT2D eigenvalue weighted by atomic mass is 16.1. The molecule has 1 saturated heterocycles. The lowest BCUT2D eigenvalue weighted by Crippen LogP contribution is -2.37. The molecule has 0 spiro atoms. The van der Waals surface area contributed by atoms with E-state index in [4.69, 9.17) is 0 Å². The van der Waals surface area contributed by atoms with Gasteiger partial charge in [0.05, 0.1) is 0 Å². The van der Waals surface area contributed by atoms with E-state index in [0.717, 1.165) is 25.8 Å². The normalized spacial score (nSPS) is 26.9. The van der Waals surface area contributed by atoms with Gasteiger partial charge < -0.3 is 5.32 Å². The molecule has 0 amide bonds. The third-order valence-corrected chi connectivity index (χ3v) is 1.95. The van der Waals surface area contributed by atoms with Crippen molar-refractivity contribution in [2.24, 2.45) is 0 Å². The predicted molar refractivity (Wildman–Crippen MR) is 40.9 cm³/mol. The summed E-state index contributed by atoms with van der Waals surface area (Å²) in [6, 6.07) is 0.478. The van der Waals surface area contributed by atoms with E-state index in [-0.39, 0.29) is 0 Å². The van der Waals surface area contributed by atoms with Gasteiger partial charge in [-0.2, -0.15) is 0 Å². The van der Waals surface area contributed by atoms with Crippen LogP contribution in [0.25, 0.3) is 0 Å². The Hall–Kier alpha value is -0.370. The second-order valence-corrected chi connectivity index (χ2v) is 2.93. The average Bonchev–Trinajstić information content (AvgIpc) is 1.88. The first-order valence-corrected chi connectivity index (χ1v) is 4.08. The van der Waals surface area contributed by atoms with Crippen molar-refractivity contribution in [3.05, 3.63) is 0 Å². The van der Waals surface area contributed by atoms with Gasteiger partial charge >= 0.3 is 0 Å². The van der Waals surface area contributed by atoms with Crippen LogP contribution in [-0.4, -0.2) is 18.4 Å². The van der Waals surface area contributed by atoms with Crippen LogP contribution < -0.4 is 5.32 Å². The van der Waals surface area contributed by atoms with Crippen LogP contribution in [0.4, 0.5) is 0 Å². The highest BCUT2D eigenvalue weighted by molar-refractivity contribution is 5.79. The van der Waals surface area contributed by atoms with Crippen molar-refractivity contribution in [1.82, 2.24) is 5.32 Å². The lowest BCUT2D eigenvalue weighted by Gasteiger charge is -2.21. The second-order valence-electron chi connectivity index (χ2n) is 2.93. The molecule has 0 radical (unpaired) electrons. The minimum Gasteiger partial charge on any atom is -0.313 e. The first-order valence-electron chi connectivity index (χ1n) is 4.08. The van der Waals surface area contributed by atoms with Crippen LogP contribution >= 0.6 is 0 Å². The zero-order valence-corrected chi connectivity index (χ0v) is 6.52. The fourth-order valence-electron chi connectivity index (χ4n) is 1.42. The molecule has 2 heteroatoms. The van der Waals surface area contributed by atoms with Gasteiger partial charge in [-0.1, -0.05) is 13.3 Å². The number of ketones is 1. The Bertz CT molecular complexity index is 120. The highest BCUT2D eigenvalue weighted by Crippen LogP contribution is 2.08. The molecule has 0 saturated carbocycles. The average molecular weight is 141 g/mol. The molecule has 1 atom stereocenters. The van der Waals surface area contributed by atoms with Crippen LogP contribution in [0.5, 0.6) is 0 Å². The van der Waals surface area contributed by atoms with Crippen molar-refractivity contribution in [3.8, 4) is 0 Å². The van der Waals surface area contributed by atoms with Crippen LogP contribution in [0.3, 0.4) is 0 Å². The van der Waals surface area contributed by atoms with Crippen molar-refractivity contribution < 1.29 is 4.79 Å². The molecule has 10 heavy (non-hydrogen) atoms. The molecule has 1 rings (SSSR count). The molecule has 0 aromatic rings. The Morgan fingerprint density at radius 1 is 1.70 bits per heavy atom. The van der Waals surface area contributed by atoms with Gasteiger partial charge in [-0.15, -0.1) is 0 Å². The van der Waals surface area contributed by atoms with Crippen molar-refractivity contribution >= 4 is 5.78 Å². The summed E-state index contributed by atoms with van der Waals surface area (Å²) in [5, 5.41) is 3.33. The minimum atomic E-state index is 0.428. The third-order valence-electron chi connectivity index (χ3n) is 1.95. The summed E-state index contributed by atoms with van der Waals surface area (Å²) in [4.78, 5) is 10.9. The lowest BCUT2D eigenvalue weighted by atomic mass is 10.00. The number of Topliss-reactive ketones (excluding diaryl/α,β-unsaturated/α-hetero) is 1. The molecule has 1 heterocycles. The largest absolute Gasteiger partial charge is 0.313 e. The molecule has 0 aliphatic carbocycles. The maximum atomic E-state index is 10.9. The Balaban J connectivity index is 2.25. The molecule has 58 valence electrons. The van der Waals surface area contributed by atoms with Crippen LogP contribution in [0.15, 0.2) is 0 Å². The van der Waals surface area contributed by atoms with Crippen LogP contribution in [0, 0.1) is 0 Å². The van der Waals surface area contributed by atoms with E-state index >= 15 is 0 Å². The van der Waals surface area contributed by atoms with Gasteiger partial charge in [0.2, 0.25) is 0 Å². The molecule has 2 nitrogen and oxygen atoms in total. The summed E-state index contributed by atoms with van der Waals surface area (Å²) >= 11 is 0. The van der Waals surface area contributed by atoms with E-state index in [2.05, 4.69) is 12.2 Å². The topological polar surface area (TPSA) is 29.1 Å². The number of rotatable bonds is 2. The van der Waals surface area contributed by atoms with Crippen LogP contribution in [0.1, 0.15) is 32.6 Å². The summed E-state index contributed by atoms with van der Waals surface area (Å²) in [6.07, 6.45) is 3.81. The van der Waals surface area contributed by atoms with E-state index in [1.807, 2.05) is 0 Å². The molecular weight excluding hydrogens is 126 g/mol. The zero-order valence-electron chi connectivity index (χ0n) is 6.52. The Kier molecular flexibility index (Phi) is 2.87. The van der Waals surface area contributed by atoms with Gasteiger partial charge in [0.1, 0.15) is 5.78 Å². The first-order chi connectivity index (χ1) is 4.83. The number of hydrogen-bond acceptors (Lipinski definition) is 2. The minimum absolute atomic E-state index is 0.428. The van der Waals surface area contributed by atoms with E-state index in [0.29, 0.717) is 11.8 Å². The van der Waals surface area contributed by atoms with Gasteiger partial charge in [-0.3, -0.25) is 4.79 Å². The summed E-state index contributed by atoms with van der Waals surface area (Å²) < 4.78 is 0. The van der Waals surface area contributed by atoms with Gasteiger partial charge in [0.25, 0.3) is 0 Å². The highest BCUT2D eigenvalue weighted by Gasteiger charge is 2.16. The summed E-state index contributed by atoms with van der Waals surface area (Å²) in [5.41, 5.74) is 0. The second kappa shape index (κ2) is 3.71. The van der Waals surface area contributed by atoms with Crippen molar-refractivity contribution in [1.29, 1.82) is 0 Å². The Labute approximate surface area is 62.0 Å². The smallest absolute Gasteiger partial charge is 0.135 e. The molecule has 0 aromatic heterocycles. The summed E-state index contributed by atoms with van der Waals surface area (Å²) in [7, 11) is 0. The quantitative estimate of drug-likeness (QED) is 0.624. The maximum absolute atomic E-state index is 10.9. The van der Waals surface area contributed by atoms with Crippen molar-refractivity contribution in [2.75, 3.05) is 6.54 Å². The summed E-state index contributed by atoms with van der Waals surface area (Å²) in [6.45, 7) is 3.05. The third kappa shape index (κ3) is 2.10. The van der Waals surface area contributed by atoms with Crippen molar-refractivity contribution in [3.63, 3.8) is 0 Å². The first kappa shape index (κ1) is 7.73. The Morgan fingerprint density at radius 2 is 2.50 bits per heavy atom. The predicted octanol–water partition coefficient (Wildman–Crippen LogP) is 1.11. The molecule has 1 unspecified atom stereocenters. The van der Waals surface area contributed by atoms with Gasteiger partial charge in [0, 0.05) is 25.4 Å². The molecule has 1 N–H and O–H groups in total. The van der Waals surface area contributed by atoms with E-state index in [1.165, 1.54) is 6.42 Å². The van der Waals surface area contributed by atoms with Crippen LogP contribution in [0.2, 0.25) is 0 Å².